The zero-order valence-corrected chi connectivity index (χ0v) is 13.3. The van der Waals surface area contributed by atoms with Crippen molar-refractivity contribution in [1.29, 1.82) is 0 Å². The van der Waals surface area contributed by atoms with Crippen molar-refractivity contribution in [3.63, 3.8) is 0 Å². The number of morpholine rings is 1. The minimum atomic E-state index is -0.380. The monoisotopic (exact) mass is 318 g/mol. The van der Waals surface area contributed by atoms with Crippen molar-refractivity contribution in [2.24, 2.45) is 0 Å². The van der Waals surface area contributed by atoms with E-state index in [1.54, 1.807) is 29.2 Å². The summed E-state index contributed by atoms with van der Waals surface area (Å²) in [5, 5.41) is 2.83. The fourth-order valence-electron chi connectivity index (χ4n) is 2.92. The quantitative estimate of drug-likeness (QED) is 0.920. The molecule has 23 heavy (non-hydrogen) atoms. The molecule has 2 amide bonds. The van der Waals surface area contributed by atoms with Crippen molar-refractivity contribution in [3.05, 3.63) is 29.8 Å². The first-order valence-electron chi connectivity index (χ1n) is 8.07. The Morgan fingerprint density at radius 1 is 1.26 bits per heavy atom. The Balaban J connectivity index is 1.66. The fourth-order valence-corrected chi connectivity index (χ4v) is 2.92. The van der Waals surface area contributed by atoms with Gasteiger partial charge in [-0.05, 0) is 38.0 Å². The normalized spacial score (nSPS) is 24.5. The van der Waals surface area contributed by atoms with Gasteiger partial charge in [-0.3, -0.25) is 9.59 Å². The van der Waals surface area contributed by atoms with Crippen LogP contribution >= 0.6 is 0 Å². The van der Waals surface area contributed by atoms with Crippen LogP contribution in [-0.2, 0) is 14.3 Å². The van der Waals surface area contributed by atoms with E-state index in [0.717, 1.165) is 12.8 Å². The molecule has 1 N–H and O–H groups in total. The van der Waals surface area contributed by atoms with Crippen LogP contribution in [0.2, 0.25) is 0 Å². The summed E-state index contributed by atoms with van der Waals surface area (Å²) >= 11 is 0. The Morgan fingerprint density at radius 2 is 2.13 bits per heavy atom. The van der Waals surface area contributed by atoms with Crippen LogP contribution < -0.4 is 5.32 Å². The predicted octanol–water partition coefficient (Wildman–Crippen LogP) is 1.67. The van der Waals surface area contributed by atoms with Gasteiger partial charge in [-0.1, -0.05) is 6.07 Å². The molecule has 1 aromatic rings. The number of carbonyl (C=O) groups is 2. The third-order valence-electron chi connectivity index (χ3n) is 4.13. The zero-order chi connectivity index (χ0) is 16.2. The number of ether oxygens (including phenoxy) is 2. The van der Waals surface area contributed by atoms with E-state index in [-0.39, 0.29) is 24.0 Å². The highest BCUT2D eigenvalue weighted by molar-refractivity contribution is 5.98. The lowest BCUT2D eigenvalue weighted by molar-refractivity contribution is -0.124. The second-order valence-corrected chi connectivity index (χ2v) is 6.00. The number of carbonyl (C=O) groups excluding carboxylic acids is 2. The maximum atomic E-state index is 12.6. The highest BCUT2D eigenvalue weighted by Gasteiger charge is 2.25. The molecule has 124 valence electrons. The lowest BCUT2D eigenvalue weighted by Crippen LogP contribution is -2.44. The van der Waals surface area contributed by atoms with Crippen LogP contribution in [0, 0.1) is 0 Å². The molecule has 0 spiro atoms. The minimum Gasteiger partial charge on any atom is -0.375 e. The summed E-state index contributed by atoms with van der Waals surface area (Å²) in [4.78, 5) is 26.5. The summed E-state index contributed by atoms with van der Waals surface area (Å²) in [6.45, 7) is 4.33. The zero-order valence-electron chi connectivity index (χ0n) is 13.3. The summed E-state index contributed by atoms with van der Waals surface area (Å²) in [5.41, 5.74) is 1.20. The van der Waals surface area contributed by atoms with Gasteiger partial charge >= 0.3 is 0 Å². The Kier molecular flexibility index (Phi) is 4.93. The first-order chi connectivity index (χ1) is 11.1. The van der Waals surface area contributed by atoms with E-state index < -0.39 is 0 Å². The molecule has 0 aliphatic carbocycles. The molecule has 0 bridgehead atoms. The van der Waals surface area contributed by atoms with Crippen LogP contribution in [0.5, 0.6) is 0 Å². The third kappa shape index (κ3) is 3.89. The molecule has 1 aromatic carbocycles. The van der Waals surface area contributed by atoms with E-state index >= 15 is 0 Å². The standard InChI is InChI=1S/C17H22N2O4/c1-12-11-19(7-9-22-12)17(21)13-4-2-5-14(10-13)18-16(20)15-6-3-8-23-15/h2,4-5,10,12,15H,3,6-9,11H2,1H3,(H,18,20). The lowest BCUT2D eigenvalue weighted by Gasteiger charge is -2.31. The molecular weight excluding hydrogens is 296 g/mol. The first kappa shape index (κ1) is 16.0. The van der Waals surface area contributed by atoms with Crippen LogP contribution in [0.1, 0.15) is 30.1 Å². The number of hydrogen-bond donors (Lipinski definition) is 1. The van der Waals surface area contributed by atoms with E-state index in [2.05, 4.69) is 5.32 Å². The molecule has 0 aromatic heterocycles. The summed E-state index contributed by atoms with van der Waals surface area (Å²) in [6.07, 6.45) is 1.33. The maximum Gasteiger partial charge on any atom is 0.254 e. The van der Waals surface area contributed by atoms with Gasteiger partial charge in [0.05, 0.1) is 12.7 Å². The van der Waals surface area contributed by atoms with E-state index in [1.807, 2.05) is 6.92 Å². The molecular formula is C17H22N2O4. The number of nitrogens with one attached hydrogen (secondary N) is 1. The number of benzene rings is 1. The Labute approximate surface area is 135 Å². The Hall–Kier alpha value is -1.92. The number of nitrogens with zero attached hydrogens (tertiary/aromatic N) is 1. The van der Waals surface area contributed by atoms with Gasteiger partial charge in [0.1, 0.15) is 6.10 Å². The maximum absolute atomic E-state index is 12.6. The summed E-state index contributed by atoms with van der Waals surface area (Å²) in [5.74, 6) is -0.180. The SMILES string of the molecule is CC1CN(C(=O)c2cccc(NC(=O)C3CCCO3)c2)CCO1. The second-order valence-electron chi connectivity index (χ2n) is 6.00. The van der Waals surface area contributed by atoms with Crippen molar-refractivity contribution in [3.8, 4) is 0 Å². The third-order valence-corrected chi connectivity index (χ3v) is 4.13. The van der Waals surface area contributed by atoms with Crippen molar-refractivity contribution in [2.75, 3.05) is 31.6 Å². The van der Waals surface area contributed by atoms with Crippen LogP contribution in [0.25, 0.3) is 0 Å². The van der Waals surface area contributed by atoms with E-state index in [9.17, 15) is 9.59 Å². The molecule has 0 saturated carbocycles. The molecule has 2 fully saturated rings. The molecule has 2 saturated heterocycles. The van der Waals surface area contributed by atoms with Crippen molar-refractivity contribution in [2.45, 2.75) is 32.0 Å². The average molecular weight is 318 g/mol. The van der Waals surface area contributed by atoms with Gasteiger partial charge < -0.3 is 19.7 Å². The van der Waals surface area contributed by atoms with Crippen molar-refractivity contribution in [1.82, 2.24) is 4.90 Å². The number of hydrogen-bond acceptors (Lipinski definition) is 4. The highest BCUT2D eigenvalue weighted by Crippen LogP contribution is 2.18. The Bertz CT molecular complexity index is 584. The molecule has 2 aliphatic rings. The van der Waals surface area contributed by atoms with Crippen LogP contribution in [0.3, 0.4) is 0 Å². The van der Waals surface area contributed by atoms with Gasteiger partial charge in [-0.25, -0.2) is 0 Å². The topological polar surface area (TPSA) is 67.9 Å². The second kappa shape index (κ2) is 7.10. The highest BCUT2D eigenvalue weighted by atomic mass is 16.5. The molecule has 6 nitrogen and oxygen atoms in total. The molecule has 0 radical (unpaired) electrons. The van der Waals surface area contributed by atoms with Gasteiger partial charge in [-0.2, -0.15) is 0 Å². The molecule has 6 heteroatoms. The van der Waals surface area contributed by atoms with Crippen molar-refractivity contribution < 1.29 is 19.1 Å². The van der Waals surface area contributed by atoms with Gasteiger partial charge in [0.25, 0.3) is 11.8 Å². The molecule has 2 aliphatic heterocycles. The first-order valence-corrected chi connectivity index (χ1v) is 8.07. The summed E-state index contributed by atoms with van der Waals surface area (Å²) in [7, 11) is 0. The van der Waals surface area contributed by atoms with E-state index in [0.29, 0.717) is 37.6 Å². The molecule has 2 heterocycles. The van der Waals surface area contributed by atoms with Crippen LogP contribution in [-0.4, -0.2) is 55.2 Å². The largest absolute Gasteiger partial charge is 0.375 e. The van der Waals surface area contributed by atoms with E-state index in [4.69, 9.17) is 9.47 Å². The number of rotatable bonds is 3. The van der Waals surface area contributed by atoms with E-state index in [1.165, 1.54) is 0 Å². The average Bonchev–Trinajstić information content (AvgIpc) is 3.09. The van der Waals surface area contributed by atoms with Gasteiger partial charge in [0, 0.05) is 30.9 Å². The van der Waals surface area contributed by atoms with Crippen LogP contribution in [0.4, 0.5) is 5.69 Å². The lowest BCUT2D eigenvalue weighted by atomic mass is 10.1. The molecule has 2 atom stereocenters. The fraction of sp³-hybridized carbons (Fsp3) is 0.529. The molecule has 3 rings (SSSR count). The predicted molar refractivity (Wildman–Crippen MR) is 85.4 cm³/mol. The van der Waals surface area contributed by atoms with Gasteiger partial charge in [0.2, 0.25) is 0 Å². The van der Waals surface area contributed by atoms with Crippen LogP contribution in [0.15, 0.2) is 24.3 Å². The summed E-state index contributed by atoms with van der Waals surface area (Å²) < 4.78 is 10.8. The Morgan fingerprint density at radius 3 is 2.87 bits per heavy atom. The smallest absolute Gasteiger partial charge is 0.254 e. The number of amides is 2. The number of anilines is 1. The molecule has 2 unspecified atom stereocenters. The van der Waals surface area contributed by atoms with Gasteiger partial charge in [0.15, 0.2) is 0 Å². The van der Waals surface area contributed by atoms with Gasteiger partial charge in [-0.15, -0.1) is 0 Å². The van der Waals surface area contributed by atoms with Crippen molar-refractivity contribution >= 4 is 17.5 Å². The summed E-state index contributed by atoms with van der Waals surface area (Å²) in [6, 6.07) is 7.05. The minimum absolute atomic E-state index is 0.0339.